The zero-order valence-corrected chi connectivity index (χ0v) is 20.5. The predicted octanol–water partition coefficient (Wildman–Crippen LogP) is 5.21. The standard InChI is InChI=1S/C24H26BrN3O3S/c1-15-10-16(2)12-19(11-15)27-24-28(14-20-4-3-9-31-20)23(30)21(32-24)13-22(29)26-18-7-5-17(25)6-8-18/h5-8,10-12,20-21H,3-4,9,13-14H2,1-2H3,(H,26,29)/t20-,21-/m0/s1. The molecule has 0 aromatic heterocycles. The van der Waals surface area contributed by atoms with E-state index in [1.54, 1.807) is 4.90 Å². The number of amides is 2. The number of hydrogen-bond donors (Lipinski definition) is 1. The smallest absolute Gasteiger partial charge is 0.242 e. The fraction of sp³-hybridized carbons (Fsp3) is 0.375. The summed E-state index contributed by atoms with van der Waals surface area (Å²) < 4.78 is 6.70. The van der Waals surface area contributed by atoms with Gasteiger partial charge in [-0.2, -0.15) is 0 Å². The van der Waals surface area contributed by atoms with E-state index in [-0.39, 0.29) is 24.3 Å². The Morgan fingerprint density at radius 1 is 1.22 bits per heavy atom. The number of nitrogens with zero attached hydrogens (tertiary/aromatic N) is 2. The molecule has 1 N–H and O–H groups in total. The van der Waals surface area contributed by atoms with Crippen molar-refractivity contribution in [2.45, 2.75) is 44.5 Å². The molecule has 0 spiro atoms. The van der Waals surface area contributed by atoms with Crippen molar-refractivity contribution in [2.75, 3.05) is 18.5 Å². The molecule has 2 amide bonds. The highest BCUT2D eigenvalue weighted by molar-refractivity contribution is 9.10. The molecule has 0 aliphatic carbocycles. The highest BCUT2D eigenvalue weighted by Crippen LogP contribution is 2.33. The van der Waals surface area contributed by atoms with Crippen LogP contribution in [0.15, 0.2) is 51.9 Å². The first-order valence-corrected chi connectivity index (χ1v) is 12.4. The number of thioether (sulfide) groups is 1. The molecule has 6 nitrogen and oxygen atoms in total. The van der Waals surface area contributed by atoms with Crippen LogP contribution in [0.2, 0.25) is 0 Å². The van der Waals surface area contributed by atoms with Crippen LogP contribution in [0.3, 0.4) is 0 Å². The SMILES string of the molecule is Cc1cc(C)cc(N=C2S[C@@H](CC(=O)Nc3ccc(Br)cc3)C(=O)N2C[C@@H]2CCCO2)c1. The number of aliphatic imine (C=N–C) groups is 1. The lowest BCUT2D eigenvalue weighted by atomic mass is 10.1. The van der Waals surface area contributed by atoms with E-state index in [1.165, 1.54) is 11.8 Å². The Labute approximate surface area is 200 Å². The highest BCUT2D eigenvalue weighted by Gasteiger charge is 2.40. The molecule has 0 bridgehead atoms. The number of carbonyl (C=O) groups is 2. The molecule has 32 heavy (non-hydrogen) atoms. The van der Waals surface area contributed by atoms with Gasteiger partial charge in [0.1, 0.15) is 5.25 Å². The van der Waals surface area contributed by atoms with Gasteiger partial charge in [-0.05, 0) is 74.2 Å². The Morgan fingerprint density at radius 3 is 2.59 bits per heavy atom. The summed E-state index contributed by atoms with van der Waals surface area (Å²) in [6, 6.07) is 13.5. The van der Waals surface area contributed by atoms with E-state index < -0.39 is 5.25 Å². The number of halogens is 1. The molecule has 4 rings (SSSR count). The summed E-state index contributed by atoms with van der Waals surface area (Å²) in [4.78, 5) is 32.4. The number of nitrogens with one attached hydrogen (secondary N) is 1. The van der Waals surface area contributed by atoms with Gasteiger partial charge in [0.05, 0.1) is 18.3 Å². The maximum atomic E-state index is 13.2. The van der Waals surface area contributed by atoms with Crippen molar-refractivity contribution >= 4 is 56.0 Å². The number of rotatable bonds is 6. The van der Waals surface area contributed by atoms with Crippen LogP contribution in [0.4, 0.5) is 11.4 Å². The normalized spacial score (nSPS) is 22.0. The third kappa shape index (κ3) is 5.79. The molecule has 0 radical (unpaired) electrons. The molecule has 2 atom stereocenters. The molecule has 8 heteroatoms. The lowest BCUT2D eigenvalue weighted by Gasteiger charge is -2.20. The van der Waals surface area contributed by atoms with Gasteiger partial charge in [-0.15, -0.1) is 0 Å². The van der Waals surface area contributed by atoms with Crippen molar-refractivity contribution in [3.05, 3.63) is 58.1 Å². The van der Waals surface area contributed by atoms with Crippen LogP contribution in [0.5, 0.6) is 0 Å². The Bertz CT molecular complexity index is 1020. The fourth-order valence-electron chi connectivity index (χ4n) is 3.92. The summed E-state index contributed by atoms with van der Waals surface area (Å²) >= 11 is 4.75. The average molecular weight is 516 g/mol. The van der Waals surface area contributed by atoms with Gasteiger partial charge in [0.2, 0.25) is 11.8 Å². The molecule has 2 saturated heterocycles. The number of carbonyl (C=O) groups excluding carboxylic acids is 2. The molecular formula is C24H26BrN3O3S. The Morgan fingerprint density at radius 2 is 1.94 bits per heavy atom. The van der Waals surface area contributed by atoms with Crippen LogP contribution in [-0.2, 0) is 14.3 Å². The van der Waals surface area contributed by atoms with Gasteiger partial charge < -0.3 is 10.1 Å². The van der Waals surface area contributed by atoms with Gasteiger partial charge in [0, 0.05) is 23.2 Å². The minimum atomic E-state index is -0.503. The summed E-state index contributed by atoms with van der Waals surface area (Å²) in [5.41, 5.74) is 3.76. The number of ether oxygens (including phenoxy) is 1. The molecule has 2 aliphatic rings. The molecule has 2 fully saturated rings. The second kappa shape index (κ2) is 10.2. The van der Waals surface area contributed by atoms with Gasteiger partial charge in [-0.3, -0.25) is 14.5 Å². The van der Waals surface area contributed by atoms with Gasteiger partial charge >= 0.3 is 0 Å². The van der Waals surface area contributed by atoms with Crippen molar-refractivity contribution in [1.82, 2.24) is 4.90 Å². The van der Waals surface area contributed by atoms with E-state index in [2.05, 4.69) is 27.3 Å². The van der Waals surface area contributed by atoms with Crippen LogP contribution in [0.1, 0.15) is 30.4 Å². The molecule has 2 aromatic carbocycles. The van der Waals surface area contributed by atoms with Crippen LogP contribution in [0.25, 0.3) is 0 Å². The van der Waals surface area contributed by atoms with Gasteiger partial charge in [-0.1, -0.05) is 33.8 Å². The van der Waals surface area contributed by atoms with Gasteiger partial charge in [-0.25, -0.2) is 4.99 Å². The van der Waals surface area contributed by atoms with Crippen LogP contribution >= 0.6 is 27.7 Å². The quantitative estimate of drug-likeness (QED) is 0.573. The van der Waals surface area contributed by atoms with Gasteiger partial charge in [0.15, 0.2) is 5.17 Å². The zero-order chi connectivity index (χ0) is 22.7. The molecule has 0 unspecified atom stereocenters. The third-order valence-corrected chi connectivity index (χ3v) is 7.06. The number of hydrogen-bond acceptors (Lipinski definition) is 5. The number of benzene rings is 2. The van der Waals surface area contributed by atoms with E-state index >= 15 is 0 Å². The largest absolute Gasteiger partial charge is 0.376 e. The summed E-state index contributed by atoms with van der Waals surface area (Å²) in [7, 11) is 0. The third-order valence-electron chi connectivity index (χ3n) is 5.36. The van der Waals surface area contributed by atoms with Crippen molar-refractivity contribution < 1.29 is 14.3 Å². The zero-order valence-electron chi connectivity index (χ0n) is 18.1. The maximum absolute atomic E-state index is 13.2. The van der Waals surface area contributed by atoms with Crippen molar-refractivity contribution in [3.63, 3.8) is 0 Å². The minimum Gasteiger partial charge on any atom is -0.376 e. The molecule has 2 heterocycles. The van der Waals surface area contributed by atoms with Crippen LogP contribution in [0, 0.1) is 13.8 Å². The first-order chi connectivity index (χ1) is 15.4. The number of aryl methyl sites for hydroxylation is 2. The number of anilines is 1. The second-order valence-corrected chi connectivity index (χ2v) is 10.3. The highest BCUT2D eigenvalue weighted by atomic mass is 79.9. The first kappa shape index (κ1) is 23.0. The average Bonchev–Trinajstić information content (AvgIpc) is 3.33. The Hall–Kier alpha value is -2.16. The topological polar surface area (TPSA) is 71.0 Å². The van der Waals surface area contributed by atoms with E-state index in [9.17, 15) is 9.59 Å². The van der Waals surface area contributed by atoms with Crippen molar-refractivity contribution in [2.24, 2.45) is 4.99 Å². The van der Waals surface area contributed by atoms with Gasteiger partial charge in [0.25, 0.3) is 0 Å². The van der Waals surface area contributed by atoms with E-state index in [0.717, 1.165) is 40.7 Å². The second-order valence-electron chi connectivity index (χ2n) is 8.19. The Balaban J connectivity index is 1.51. The van der Waals surface area contributed by atoms with Crippen LogP contribution in [-0.4, -0.2) is 46.4 Å². The van der Waals surface area contributed by atoms with Crippen LogP contribution < -0.4 is 5.32 Å². The molecule has 168 valence electrons. The molecular weight excluding hydrogens is 490 g/mol. The maximum Gasteiger partial charge on any atom is 0.242 e. The lowest BCUT2D eigenvalue weighted by Crippen LogP contribution is -2.38. The monoisotopic (exact) mass is 515 g/mol. The molecule has 2 aromatic rings. The molecule has 2 aliphatic heterocycles. The van der Waals surface area contributed by atoms with E-state index in [4.69, 9.17) is 9.73 Å². The summed E-state index contributed by atoms with van der Waals surface area (Å²) in [5, 5.41) is 3.01. The fourth-order valence-corrected chi connectivity index (χ4v) is 5.36. The number of amidine groups is 1. The summed E-state index contributed by atoms with van der Waals surface area (Å²) in [6.45, 7) is 5.26. The summed E-state index contributed by atoms with van der Waals surface area (Å²) in [6.07, 6.45) is 2.04. The van der Waals surface area contributed by atoms with E-state index in [1.807, 2.05) is 50.2 Å². The van der Waals surface area contributed by atoms with E-state index in [0.29, 0.717) is 17.4 Å². The lowest BCUT2D eigenvalue weighted by molar-refractivity contribution is -0.129. The predicted molar refractivity (Wildman–Crippen MR) is 132 cm³/mol. The van der Waals surface area contributed by atoms with Crippen molar-refractivity contribution in [1.29, 1.82) is 0 Å². The van der Waals surface area contributed by atoms with Crippen molar-refractivity contribution in [3.8, 4) is 0 Å². The summed E-state index contributed by atoms with van der Waals surface area (Å²) in [5.74, 6) is -0.275. The Kier molecular flexibility index (Phi) is 7.33. The minimum absolute atomic E-state index is 0.0133. The molecule has 0 saturated carbocycles. The first-order valence-electron chi connectivity index (χ1n) is 10.7.